The van der Waals surface area contributed by atoms with E-state index in [-0.39, 0.29) is 6.04 Å². The number of allylic oxidation sites excluding steroid dienone is 2. The number of nitrogens with zero attached hydrogens (tertiary/aromatic N) is 4. The number of anilines is 2. The highest BCUT2D eigenvalue weighted by atomic mass is 35.5. The molecule has 0 amide bonds. The molecule has 2 aliphatic rings. The summed E-state index contributed by atoms with van der Waals surface area (Å²) in [5.41, 5.74) is 2.76. The van der Waals surface area contributed by atoms with Crippen LogP contribution in [0.4, 0.5) is 11.5 Å². The summed E-state index contributed by atoms with van der Waals surface area (Å²) in [4.78, 5) is 16.0. The molecule has 0 bridgehead atoms. The summed E-state index contributed by atoms with van der Waals surface area (Å²) in [6, 6.07) is 2.21. The van der Waals surface area contributed by atoms with Gasteiger partial charge in [-0.2, -0.15) is 0 Å². The Morgan fingerprint density at radius 1 is 1.07 bits per heavy atom. The van der Waals surface area contributed by atoms with Crippen LogP contribution in [0.3, 0.4) is 0 Å². The third-order valence-electron chi connectivity index (χ3n) is 5.46. The summed E-state index contributed by atoms with van der Waals surface area (Å²) in [5.74, 6) is 0.730. The molecule has 0 saturated carbocycles. The second-order valence-electron chi connectivity index (χ2n) is 7.87. The van der Waals surface area contributed by atoms with Gasteiger partial charge < -0.3 is 15.5 Å². The first-order chi connectivity index (χ1) is 14.8. The number of aromatic nitrogens is 3. The first kappa shape index (κ1) is 20.8. The molecule has 30 heavy (non-hydrogen) atoms. The lowest BCUT2D eigenvalue weighted by Gasteiger charge is -2.26. The van der Waals surface area contributed by atoms with Crippen LogP contribution in [0.5, 0.6) is 0 Å². The van der Waals surface area contributed by atoms with Crippen molar-refractivity contribution in [1.29, 1.82) is 0 Å². The fourth-order valence-electron chi connectivity index (χ4n) is 3.90. The maximum Gasteiger partial charge on any atom is 0.145 e. The molecule has 1 aliphatic heterocycles. The van der Waals surface area contributed by atoms with Gasteiger partial charge in [-0.05, 0) is 63.5 Å². The van der Waals surface area contributed by atoms with E-state index in [0.29, 0.717) is 0 Å². The first-order valence-corrected chi connectivity index (χ1v) is 11.2. The van der Waals surface area contributed by atoms with Crippen LogP contribution in [-0.2, 0) is 0 Å². The summed E-state index contributed by atoms with van der Waals surface area (Å²) in [6.45, 7) is 4.60. The second-order valence-corrected chi connectivity index (χ2v) is 8.31. The minimum atomic E-state index is 0.123. The zero-order chi connectivity index (χ0) is 20.6. The second kappa shape index (κ2) is 10.5. The maximum atomic E-state index is 6.10. The van der Waals surface area contributed by atoms with E-state index in [9.17, 15) is 0 Å². The third-order valence-corrected chi connectivity index (χ3v) is 5.71. The van der Waals surface area contributed by atoms with E-state index in [1.54, 1.807) is 12.4 Å². The van der Waals surface area contributed by atoms with Gasteiger partial charge in [-0.15, -0.1) is 0 Å². The van der Waals surface area contributed by atoms with Crippen LogP contribution in [0.25, 0.3) is 11.3 Å². The van der Waals surface area contributed by atoms with Gasteiger partial charge in [0.05, 0.1) is 29.8 Å². The molecule has 1 fully saturated rings. The predicted octanol–water partition coefficient (Wildman–Crippen LogP) is 4.69. The number of nitrogens with one attached hydrogen (secondary N) is 2. The van der Waals surface area contributed by atoms with E-state index < -0.39 is 0 Å². The Balaban J connectivity index is 1.33. The van der Waals surface area contributed by atoms with Gasteiger partial charge in [-0.3, -0.25) is 9.97 Å². The molecule has 1 aliphatic carbocycles. The minimum absolute atomic E-state index is 0.123. The van der Waals surface area contributed by atoms with Crippen molar-refractivity contribution >= 4 is 23.1 Å². The minimum Gasteiger partial charge on any atom is -0.384 e. The van der Waals surface area contributed by atoms with Gasteiger partial charge in [0.2, 0.25) is 0 Å². The van der Waals surface area contributed by atoms with Crippen LogP contribution < -0.4 is 10.6 Å². The lowest BCUT2D eigenvalue weighted by atomic mass is 10.1. The molecule has 6 nitrogen and oxygen atoms in total. The Hall–Kier alpha value is -2.44. The molecule has 4 rings (SSSR count). The average Bonchev–Trinajstić information content (AvgIpc) is 2.78. The third kappa shape index (κ3) is 6.03. The lowest BCUT2D eigenvalue weighted by Crippen LogP contribution is -2.31. The lowest BCUT2D eigenvalue weighted by molar-refractivity contribution is 0.228. The van der Waals surface area contributed by atoms with Gasteiger partial charge in [0.1, 0.15) is 5.82 Å². The van der Waals surface area contributed by atoms with Crippen molar-refractivity contribution in [3.05, 3.63) is 54.1 Å². The maximum absolute atomic E-state index is 6.10. The number of piperidine rings is 1. The van der Waals surface area contributed by atoms with Gasteiger partial charge in [-0.1, -0.05) is 24.1 Å². The molecular formula is C23H29ClN6. The van der Waals surface area contributed by atoms with Crippen molar-refractivity contribution in [1.82, 2.24) is 19.9 Å². The Bertz CT molecular complexity index is 891. The fraction of sp³-hybridized carbons (Fsp3) is 0.435. The van der Waals surface area contributed by atoms with Crippen molar-refractivity contribution in [2.45, 2.75) is 38.1 Å². The fourth-order valence-corrected chi connectivity index (χ4v) is 4.14. The average molecular weight is 425 g/mol. The van der Waals surface area contributed by atoms with E-state index in [4.69, 9.17) is 16.6 Å². The highest BCUT2D eigenvalue weighted by Gasteiger charge is 2.11. The van der Waals surface area contributed by atoms with Gasteiger partial charge in [0, 0.05) is 29.5 Å². The molecule has 2 aromatic rings. The molecule has 0 spiro atoms. The van der Waals surface area contributed by atoms with Crippen molar-refractivity contribution < 1.29 is 0 Å². The molecule has 3 heterocycles. The zero-order valence-corrected chi connectivity index (χ0v) is 18.0. The largest absolute Gasteiger partial charge is 0.384 e. The Morgan fingerprint density at radius 3 is 2.80 bits per heavy atom. The summed E-state index contributed by atoms with van der Waals surface area (Å²) in [7, 11) is 0. The predicted molar refractivity (Wildman–Crippen MR) is 124 cm³/mol. The smallest absolute Gasteiger partial charge is 0.145 e. The Labute approximate surface area is 183 Å². The zero-order valence-electron chi connectivity index (χ0n) is 17.2. The van der Waals surface area contributed by atoms with Crippen LogP contribution in [0.1, 0.15) is 32.1 Å². The normalized spacial score (nSPS) is 19.4. The van der Waals surface area contributed by atoms with Crippen molar-refractivity contribution in [3.63, 3.8) is 0 Å². The van der Waals surface area contributed by atoms with Gasteiger partial charge >= 0.3 is 0 Å². The highest BCUT2D eigenvalue weighted by Crippen LogP contribution is 2.22. The van der Waals surface area contributed by atoms with E-state index >= 15 is 0 Å². The Morgan fingerprint density at radius 2 is 1.93 bits per heavy atom. The number of rotatable bonds is 8. The number of hydrogen-bond donors (Lipinski definition) is 2. The van der Waals surface area contributed by atoms with E-state index in [0.717, 1.165) is 53.7 Å². The molecule has 0 radical (unpaired) electrons. The van der Waals surface area contributed by atoms with Crippen LogP contribution in [0.15, 0.2) is 54.1 Å². The van der Waals surface area contributed by atoms with Crippen molar-refractivity contribution in [2.75, 3.05) is 36.8 Å². The molecule has 2 aromatic heterocycles. The standard InChI is InChI=1S/C23H29ClN6/c24-19-6-4-7-20(13-19)28-23-17-26-16-22(29-23)18-12-21(15-25-14-18)27-8-5-11-30-9-2-1-3-10-30/h4,6,12-17,20,27H,1-3,5,7-11H2,(H,28,29). The molecule has 7 heteroatoms. The summed E-state index contributed by atoms with van der Waals surface area (Å²) in [5, 5.41) is 7.62. The molecule has 1 saturated heterocycles. The monoisotopic (exact) mass is 424 g/mol. The molecule has 2 N–H and O–H groups in total. The van der Waals surface area contributed by atoms with Gasteiger partial charge in [0.15, 0.2) is 0 Å². The van der Waals surface area contributed by atoms with Crippen LogP contribution in [0.2, 0.25) is 0 Å². The summed E-state index contributed by atoms with van der Waals surface area (Å²) in [6.07, 6.45) is 19.2. The molecule has 1 atom stereocenters. The van der Waals surface area contributed by atoms with Gasteiger partial charge in [-0.25, -0.2) is 4.98 Å². The number of hydrogen-bond acceptors (Lipinski definition) is 6. The van der Waals surface area contributed by atoms with Crippen LogP contribution >= 0.6 is 11.6 Å². The number of pyridine rings is 1. The number of halogens is 1. The van der Waals surface area contributed by atoms with Gasteiger partial charge in [0.25, 0.3) is 0 Å². The topological polar surface area (TPSA) is 66.0 Å². The van der Waals surface area contributed by atoms with Crippen molar-refractivity contribution in [2.24, 2.45) is 0 Å². The Kier molecular flexibility index (Phi) is 7.32. The molecule has 0 aromatic carbocycles. The SMILES string of the molecule is ClC1=CC(Nc2cncc(-c3cncc(NCCCN4CCCCC4)c3)n2)CC=C1. The molecular weight excluding hydrogens is 396 g/mol. The summed E-state index contributed by atoms with van der Waals surface area (Å²) < 4.78 is 0. The quantitative estimate of drug-likeness (QED) is 0.599. The summed E-state index contributed by atoms with van der Waals surface area (Å²) >= 11 is 6.10. The first-order valence-electron chi connectivity index (χ1n) is 10.8. The van der Waals surface area contributed by atoms with Crippen LogP contribution in [0, 0.1) is 0 Å². The molecule has 158 valence electrons. The van der Waals surface area contributed by atoms with E-state index in [2.05, 4.69) is 37.6 Å². The highest BCUT2D eigenvalue weighted by molar-refractivity contribution is 6.31. The van der Waals surface area contributed by atoms with Crippen molar-refractivity contribution in [3.8, 4) is 11.3 Å². The van der Waals surface area contributed by atoms with E-state index in [1.807, 2.05) is 24.5 Å². The number of likely N-dealkylation sites (tertiary alicyclic amines) is 1. The van der Waals surface area contributed by atoms with E-state index in [1.165, 1.54) is 32.4 Å². The molecule has 1 unspecified atom stereocenters. The van der Waals surface area contributed by atoms with Crippen LogP contribution in [-0.4, -0.2) is 52.1 Å².